The first-order chi connectivity index (χ1) is 9.66. The number of hydrogen-bond acceptors (Lipinski definition) is 5. The number of ether oxygens (including phenoxy) is 3. The summed E-state index contributed by atoms with van der Waals surface area (Å²) in [6.07, 6.45) is 0. The van der Waals surface area contributed by atoms with E-state index in [0.717, 1.165) is 17.1 Å². The molecule has 1 aromatic carbocycles. The molecule has 20 heavy (non-hydrogen) atoms. The van der Waals surface area contributed by atoms with E-state index < -0.39 is 5.91 Å². The maximum absolute atomic E-state index is 10.5. The molecule has 0 saturated carbocycles. The minimum absolute atomic E-state index is 0.0416. The minimum atomic E-state index is -0.454. The summed E-state index contributed by atoms with van der Waals surface area (Å²) in [5, 5.41) is 3.31. The van der Waals surface area contributed by atoms with Crippen molar-refractivity contribution in [3.63, 3.8) is 0 Å². The van der Waals surface area contributed by atoms with Crippen LogP contribution < -0.4 is 20.5 Å². The Balaban J connectivity index is 1.80. The Morgan fingerprint density at radius 3 is 2.90 bits per heavy atom. The van der Waals surface area contributed by atoms with E-state index >= 15 is 0 Å². The van der Waals surface area contributed by atoms with Crippen LogP contribution >= 0.6 is 0 Å². The molecule has 1 atom stereocenters. The average Bonchev–Trinajstić information content (AvgIpc) is 2.46. The van der Waals surface area contributed by atoms with E-state index in [1.807, 2.05) is 18.2 Å². The summed E-state index contributed by atoms with van der Waals surface area (Å²) in [6.45, 7) is 4.27. The monoisotopic (exact) mass is 280 g/mol. The number of primary amides is 1. The number of carbonyl (C=O) groups excluding carboxylic acids is 1. The highest BCUT2D eigenvalue weighted by atomic mass is 16.6. The highest BCUT2D eigenvalue weighted by Gasteiger charge is 2.14. The Labute approximate surface area is 118 Å². The summed E-state index contributed by atoms with van der Waals surface area (Å²) in [7, 11) is 0. The predicted octanol–water partition coefficient (Wildman–Crippen LogP) is 0.610. The number of carbonyl (C=O) groups is 1. The molecule has 1 unspecified atom stereocenters. The first-order valence-electron chi connectivity index (χ1n) is 6.66. The van der Waals surface area contributed by atoms with Gasteiger partial charge in [-0.2, -0.15) is 0 Å². The lowest BCUT2D eigenvalue weighted by atomic mass is 10.1. The first-order valence-corrected chi connectivity index (χ1v) is 6.66. The lowest BCUT2D eigenvalue weighted by molar-refractivity contribution is -0.122. The molecule has 6 heteroatoms. The van der Waals surface area contributed by atoms with Crippen LogP contribution in [0.5, 0.6) is 11.5 Å². The average molecular weight is 280 g/mol. The molecule has 110 valence electrons. The Morgan fingerprint density at radius 2 is 2.15 bits per heavy atom. The summed E-state index contributed by atoms with van der Waals surface area (Å²) in [5.41, 5.74) is 6.10. The van der Waals surface area contributed by atoms with Crippen molar-refractivity contribution in [3.8, 4) is 11.5 Å². The Bertz CT molecular complexity index is 464. The third kappa shape index (κ3) is 4.11. The lowest BCUT2D eigenvalue weighted by Crippen LogP contribution is -2.26. The second-order valence-corrected chi connectivity index (χ2v) is 4.60. The fourth-order valence-electron chi connectivity index (χ4n) is 1.97. The Kier molecular flexibility index (Phi) is 5.20. The number of hydrogen-bond donors (Lipinski definition) is 2. The summed E-state index contributed by atoms with van der Waals surface area (Å²) in [5.74, 6) is 1.12. The topological polar surface area (TPSA) is 82.8 Å². The molecule has 0 aromatic heterocycles. The summed E-state index contributed by atoms with van der Waals surface area (Å²) < 4.78 is 16.1. The largest absolute Gasteiger partial charge is 0.486 e. The maximum atomic E-state index is 10.5. The quantitative estimate of drug-likeness (QED) is 0.715. The number of benzene rings is 1. The molecule has 0 radical (unpaired) electrons. The second-order valence-electron chi connectivity index (χ2n) is 4.60. The summed E-state index contributed by atoms with van der Waals surface area (Å²) in [6, 6.07) is 6.07. The van der Waals surface area contributed by atoms with Gasteiger partial charge in [0.25, 0.3) is 0 Å². The number of nitrogens with one attached hydrogen (secondary N) is 1. The van der Waals surface area contributed by atoms with E-state index in [2.05, 4.69) is 12.2 Å². The van der Waals surface area contributed by atoms with E-state index in [1.54, 1.807) is 0 Å². The van der Waals surface area contributed by atoms with E-state index in [9.17, 15) is 4.79 Å². The smallest absolute Gasteiger partial charge is 0.243 e. The first kappa shape index (κ1) is 14.6. The van der Waals surface area contributed by atoms with Crippen molar-refractivity contribution >= 4 is 5.91 Å². The van der Waals surface area contributed by atoms with Crippen LogP contribution in [0.25, 0.3) is 0 Å². The Morgan fingerprint density at radius 1 is 1.40 bits per heavy atom. The molecule has 2 rings (SSSR count). The van der Waals surface area contributed by atoms with Crippen molar-refractivity contribution in [1.82, 2.24) is 5.32 Å². The van der Waals surface area contributed by atoms with E-state index in [0.29, 0.717) is 26.4 Å². The zero-order valence-corrected chi connectivity index (χ0v) is 11.6. The van der Waals surface area contributed by atoms with Crippen molar-refractivity contribution in [1.29, 1.82) is 0 Å². The SMILES string of the molecule is CC(NCCOCC(N)=O)c1ccc2c(c1)OCCO2. The van der Waals surface area contributed by atoms with Gasteiger partial charge in [0, 0.05) is 12.6 Å². The second kappa shape index (κ2) is 7.12. The van der Waals surface area contributed by atoms with Gasteiger partial charge in [0.1, 0.15) is 19.8 Å². The van der Waals surface area contributed by atoms with Gasteiger partial charge in [0.2, 0.25) is 5.91 Å². The van der Waals surface area contributed by atoms with Crippen molar-refractivity contribution in [3.05, 3.63) is 23.8 Å². The molecule has 3 N–H and O–H groups in total. The summed E-state index contributed by atoms with van der Waals surface area (Å²) >= 11 is 0. The minimum Gasteiger partial charge on any atom is -0.486 e. The molecular weight excluding hydrogens is 260 g/mol. The van der Waals surface area contributed by atoms with Crippen molar-refractivity contribution in [2.45, 2.75) is 13.0 Å². The molecule has 0 aliphatic carbocycles. The van der Waals surface area contributed by atoms with Crippen LogP contribution in [0.3, 0.4) is 0 Å². The highest BCUT2D eigenvalue weighted by molar-refractivity contribution is 5.74. The van der Waals surface area contributed by atoms with Crippen molar-refractivity contribution in [2.24, 2.45) is 5.73 Å². The van der Waals surface area contributed by atoms with Gasteiger partial charge in [-0.15, -0.1) is 0 Å². The van der Waals surface area contributed by atoms with Gasteiger partial charge in [0.15, 0.2) is 11.5 Å². The fraction of sp³-hybridized carbons (Fsp3) is 0.500. The van der Waals surface area contributed by atoms with Crippen LogP contribution in [0.2, 0.25) is 0 Å². The van der Waals surface area contributed by atoms with Gasteiger partial charge in [0.05, 0.1) is 6.61 Å². The van der Waals surface area contributed by atoms with Crippen LogP contribution in [-0.4, -0.2) is 38.9 Å². The molecule has 1 aromatic rings. The number of nitrogens with two attached hydrogens (primary N) is 1. The van der Waals surface area contributed by atoms with E-state index in [-0.39, 0.29) is 12.6 Å². The molecular formula is C14H20N2O4. The van der Waals surface area contributed by atoms with Crippen LogP contribution in [0.1, 0.15) is 18.5 Å². The standard InChI is InChI=1S/C14H20N2O4/c1-10(16-4-5-18-9-14(15)17)11-2-3-12-13(8-11)20-7-6-19-12/h2-3,8,10,16H,4-7,9H2,1H3,(H2,15,17). The zero-order chi connectivity index (χ0) is 14.4. The highest BCUT2D eigenvalue weighted by Crippen LogP contribution is 2.32. The Hall–Kier alpha value is -1.79. The number of rotatable bonds is 7. The van der Waals surface area contributed by atoms with Crippen molar-refractivity contribution < 1.29 is 19.0 Å². The van der Waals surface area contributed by atoms with Crippen LogP contribution in [0.4, 0.5) is 0 Å². The molecule has 0 saturated heterocycles. The molecule has 1 aliphatic heterocycles. The number of amides is 1. The summed E-state index contributed by atoms with van der Waals surface area (Å²) in [4.78, 5) is 10.5. The molecule has 6 nitrogen and oxygen atoms in total. The van der Waals surface area contributed by atoms with E-state index in [4.69, 9.17) is 19.9 Å². The molecule has 0 bridgehead atoms. The zero-order valence-electron chi connectivity index (χ0n) is 11.6. The molecule has 1 amide bonds. The van der Waals surface area contributed by atoms with Gasteiger partial charge < -0.3 is 25.3 Å². The normalized spacial score (nSPS) is 14.8. The van der Waals surface area contributed by atoms with Gasteiger partial charge in [-0.25, -0.2) is 0 Å². The van der Waals surface area contributed by atoms with E-state index in [1.165, 1.54) is 0 Å². The third-order valence-electron chi connectivity index (χ3n) is 3.01. The molecule has 1 aliphatic rings. The third-order valence-corrected chi connectivity index (χ3v) is 3.01. The van der Waals surface area contributed by atoms with Gasteiger partial charge >= 0.3 is 0 Å². The van der Waals surface area contributed by atoms with Crippen LogP contribution in [0, 0.1) is 0 Å². The van der Waals surface area contributed by atoms with Gasteiger partial charge in [-0.1, -0.05) is 6.07 Å². The predicted molar refractivity (Wildman–Crippen MR) is 73.9 cm³/mol. The van der Waals surface area contributed by atoms with Gasteiger partial charge in [-0.3, -0.25) is 4.79 Å². The van der Waals surface area contributed by atoms with Crippen LogP contribution in [-0.2, 0) is 9.53 Å². The van der Waals surface area contributed by atoms with Gasteiger partial charge in [-0.05, 0) is 24.6 Å². The fourth-order valence-corrected chi connectivity index (χ4v) is 1.97. The molecule has 0 fully saturated rings. The van der Waals surface area contributed by atoms with Crippen molar-refractivity contribution in [2.75, 3.05) is 33.0 Å². The lowest BCUT2D eigenvalue weighted by Gasteiger charge is -2.21. The number of fused-ring (bicyclic) bond motifs is 1. The molecule has 0 spiro atoms. The van der Waals surface area contributed by atoms with Crippen LogP contribution in [0.15, 0.2) is 18.2 Å². The maximum Gasteiger partial charge on any atom is 0.243 e. The molecule has 1 heterocycles.